The first kappa shape index (κ1) is 13.6. The molecule has 0 aliphatic rings. The molecule has 1 heterocycles. The van der Waals surface area contributed by atoms with E-state index < -0.39 is 0 Å². The Bertz CT molecular complexity index is 592. The van der Waals surface area contributed by atoms with Gasteiger partial charge >= 0.3 is 0 Å². The number of nitrogens with zero attached hydrogens (tertiary/aromatic N) is 2. The monoisotopic (exact) mass is 294 g/mol. The molecule has 1 aromatic carbocycles. The summed E-state index contributed by atoms with van der Waals surface area (Å²) in [5.41, 5.74) is 4.13. The number of benzene rings is 1. The molecule has 2 rings (SSSR count). The normalized spacial score (nSPS) is 10.6. The average Bonchev–Trinajstić information content (AvgIpc) is 2.78. The maximum Gasteiger partial charge on any atom is 0.191 e. The molecule has 0 atom stereocenters. The zero-order chi connectivity index (χ0) is 13.7. The second-order valence-corrected chi connectivity index (χ2v) is 5.09. The summed E-state index contributed by atoms with van der Waals surface area (Å²) in [5.74, 6) is -0.290. The van der Waals surface area contributed by atoms with Crippen molar-refractivity contribution >= 4 is 40.6 Å². The first-order valence-corrected chi connectivity index (χ1v) is 6.70. The van der Waals surface area contributed by atoms with Crippen LogP contribution < -0.4 is 10.7 Å². The third kappa shape index (κ3) is 4.38. The first-order chi connectivity index (χ1) is 9.13. The summed E-state index contributed by atoms with van der Waals surface area (Å²) in [6.45, 7) is 1.93. The van der Waals surface area contributed by atoms with Crippen LogP contribution in [0.1, 0.15) is 10.7 Å². The van der Waals surface area contributed by atoms with E-state index in [0.29, 0.717) is 10.8 Å². The van der Waals surface area contributed by atoms with Crippen molar-refractivity contribution in [2.24, 2.45) is 5.10 Å². The molecular weight excluding hydrogens is 283 g/mol. The van der Waals surface area contributed by atoms with E-state index in [0.717, 1.165) is 10.7 Å². The van der Waals surface area contributed by atoms with Crippen LogP contribution in [0.2, 0.25) is 0 Å². The number of hydrogen-bond donors (Lipinski definition) is 2. The van der Waals surface area contributed by atoms with Crippen molar-refractivity contribution < 1.29 is 4.39 Å². The lowest BCUT2D eigenvalue weighted by molar-refractivity contribution is 0.628. The van der Waals surface area contributed by atoms with E-state index in [1.165, 1.54) is 12.1 Å². The minimum atomic E-state index is -0.290. The summed E-state index contributed by atoms with van der Waals surface area (Å²) < 4.78 is 12.7. The molecule has 0 bridgehead atoms. The minimum absolute atomic E-state index is 0.290. The standard InChI is InChI=1S/C12H11FN4S2/c1-8-15-11(7-19-8)6-14-17-12(18)16-10-4-2-9(13)3-5-10/h2-7H,1H3,(H2,16,17,18)/b14-6-. The van der Waals surface area contributed by atoms with Gasteiger partial charge in [-0.2, -0.15) is 5.10 Å². The molecule has 0 spiro atoms. The Morgan fingerprint density at radius 1 is 1.42 bits per heavy atom. The van der Waals surface area contributed by atoms with Crippen molar-refractivity contribution in [2.75, 3.05) is 5.32 Å². The summed E-state index contributed by atoms with van der Waals surface area (Å²) in [4.78, 5) is 4.23. The Morgan fingerprint density at radius 3 is 2.79 bits per heavy atom. The van der Waals surface area contributed by atoms with Gasteiger partial charge in [-0.25, -0.2) is 9.37 Å². The van der Waals surface area contributed by atoms with Crippen molar-refractivity contribution in [1.29, 1.82) is 0 Å². The van der Waals surface area contributed by atoms with Crippen LogP contribution in [0.5, 0.6) is 0 Å². The predicted octanol–water partition coefficient (Wildman–Crippen LogP) is 2.91. The summed E-state index contributed by atoms with van der Waals surface area (Å²) in [6, 6.07) is 5.90. The van der Waals surface area contributed by atoms with Gasteiger partial charge < -0.3 is 5.32 Å². The van der Waals surface area contributed by atoms with Crippen LogP contribution in [0.3, 0.4) is 0 Å². The van der Waals surface area contributed by atoms with Crippen molar-refractivity contribution in [2.45, 2.75) is 6.92 Å². The van der Waals surface area contributed by atoms with E-state index in [4.69, 9.17) is 12.2 Å². The van der Waals surface area contributed by atoms with Gasteiger partial charge in [0.25, 0.3) is 0 Å². The Morgan fingerprint density at radius 2 is 2.16 bits per heavy atom. The van der Waals surface area contributed by atoms with Gasteiger partial charge in [0.2, 0.25) is 0 Å². The molecule has 0 aliphatic heterocycles. The van der Waals surface area contributed by atoms with Crippen LogP contribution in [-0.4, -0.2) is 16.3 Å². The summed E-state index contributed by atoms with van der Waals surface area (Å²) >= 11 is 6.60. The number of hydrazone groups is 1. The van der Waals surface area contributed by atoms with Crippen LogP contribution in [0.25, 0.3) is 0 Å². The maximum absolute atomic E-state index is 12.7. The number of aromatic nitrogens is 1. The molecule has 4 nitrogen and oxygen atoms in total. The highest BCUT2D eigenvalue weighted by Crippen LogP contribution is 2.08. The summed E-state index contributed by atoms with van der Waals surface area (Å²) in [5, 5.41) is 10.1. The smallest absolute Gasteiger partial charge is 0.191 e. The predicted molar refractivity (Wildman–Crippen MR) is 80.2 cm³/mol. The molecule has 1 aromatic heterocycles. The number of halogens is 1. The highest BCUT2D eigenvalue weighted by atomic mass is 32.1. The van der Waals surface area contributed by atoms with Crippen LogP contribution in [0.15, 0.2) is 34.7 Å². The Labute approximate surface area is 119 Å². The molecular formula is C12H11FN4S2. The molecule has 0 unspecified atom stereocenters. The Balaban J connectivity index is 1.84. The summed E-state index contributed by atoms with van der Waals surface area (Å²) in [7, 11) is 0. The van der Waals surface area contributed by atoms with Gasteiger partial charge in [-0.3, -0.25) is 5.43 Å². The zero-order valence-corrected chi connectivity index (χ0v) is 11.7. The van der Waals surface area contributed by atoms with Gasteiger partial charge in [0, 0.05) is 11.1 Å². The van der Waals surface area contributed by atoms with Gasteiger partial charge in [-0.1, -0.05) is 0 Å². The average molecular weight is 294 g/mol. The highest BCUT2D eigenvalue weighted by Gasteiger charge is 1.97. The number of aryl methyl sites for hydroxylation is 1. The molecule has 19 heavy (non-hydrogen) atoms. The van der Waals surface area contributed by atoms with Crippen molar-refractivity contribution in [3.05, 3.63) is 46.2 Å². The van der Waals surface area contributed by atoms with Crippen LogP contribution in [-0.2, 0) is 0 Å². The number of hydrogen-bond acceptors (Lipinski definition) is 4. The van der Waals surface area contributed by atoms with Gasteiger partial charge in [0.1, 0.15) is 5.82 Å². The molecule has 0 amide bonds. The molecule has 0 fully saturated rings. The molecule has 0 saturated carbocycles. The third-order valence-electron chi connectivity index (χ3n) is 2.10. The largest absolute Gasteiger partial charge is 0.331 e. The molecule has 0 saturated heterocycles. The summed E-state index contributed by atoms with van der Waals surface area (Å²) in [6.07, 6.45) is 1.59. The fourth-order valence-corrected chi connectivity index (χ4v) is 2.02. The van der Waals surface area contributed by atoms with E-state index in [1.54, 1.807) is 29.7 Å². The van der Waals surface area contributed by atoms with Crippen molar-refractivity contribution in [3.8, 4) is 0 Å². The number of anilines is 1. The topological polar surface area (TPSA) is 49.3 Å². The minimum Gasteiger partial charge on any atom is -0.331 e. The lowest BCUT2D eigenvalue weighted by atomic mass is 10.3. The lowest BCUT2D eigenvalue weighted by Gasteiger charge is -2.06. The van der Waals surface area contributed by atoms with E-state index >= 15 is 0 Å². The number of thiocarbonyl (C=S) groups is 1. The third-order valence-corrected chi connectivity index (χ3v) is 3.09. The molecule has 0 aliphatic carbocycles. The SMILES string of the molecule is Cc1nc(/C=N\NC(=S)Nc2ccc(F)cc2)cs1. The van der Waals surface area contributed by atoms with Crippen molar-refractivity contribution in [1.82, 2.24) is 10.4 Å². The fraction of sp³-hybridized carbons (Fsp3) is 0.0833. The lowest BCUT2D eigenvalue weighted by Crippen LogP contribution is -2.23. The maximum atomic E-state index is 12.7. The highest BCUT2D eigenvalue weighted by molar-refractivity contribution is 7.80. The number of rotatable bonds is 3. The molecule has 2 aromatic rings. The van der Waals surface area contributed by atoms with Crippen LogP contribution in [0.4, 0.5) is 10.1 Å². The van der Waals surface area contributed by atoms with Gasteiger partial charge in [-0.05, 0) is 43.4 Å². The zero-order valence-electron chi connectivity index (χ0n) is 10.1. The van der Waals surface area contributed by atoms with E-state index in [1.807, 2.05) is 12.3 Å². The molecule has 7 heteroatoms. The van der Waals surface area contributed by atoms with Gasteiger partial charge in [-0.15, -0.1) is 11.3 Å². The molecule has 98 valence electrons. The first-order valence-electron chi connectivity index (χ1n) is 5.41. The molecule has 2 N–H and O–H groups in total. The van der Waals surface area contributed by atoms with Crippen LogP contribution in [0, 0.1) is 12.7 Å². The fourth-order valence-electron chi connectivity index (χ4n) is 1.29. The van der Waals surface area contributed by atoms with E-state index in [2.05, 4.69) is 20.8 Å². The molecule has 0 radical (unpaired) electrons. The number of nitrogens with one attached hydrogen (secondary N) is 2. The van der Waals surface area contributed by atoms with E-state index in [-0.39, 0.29) is 5.82 Å². The Kier molecular flexibility index (Phi) is 4.53. The van der Waals surface area contributed by atoms with Crippen molar-refractivity contribution in [3.63, 3.8) is 0 Å². The second-order valence-electron chi connectivity index (χ2n) is 3.62. The quantitative estimate of drug-likeness (QED) is 0.519. The second kappa shape index (κ2) is 6.35. The Hall–Kier alpha value is -1.86. The van der Waals surface area contributed by atoms with Gasteiger partial charge in [0.05, 0.1) is 16.9 Å². The van der Waals surface area contributed by atoms with Gasteiger partial charge in [0.15, 0.2) is 5.11 Å². The van der Waals surface area contributed by atoms with Crippen LogP contribution >= 0.6 is 23.6 Å². The number of thiazole rings is 1. The van der Waals surface area contributed by atoms with E-state index in [9.17, 15) is 4.39 Å².